The van der Waals surface area contributed by atoms with Crippen LogP contribution in [0, 0.1) is 0 Å². The molecule has 1 aromatic carbocycles. The molecule has 0 aliphatic rings. The third-order valence-corrected chi connectivity index (χ3v) is 4.10. The molecule has 0 radical (unpaired) electrons. The SMILES string of the molecule is CCCCCC(CCCCC)N[C@H](C)c1ccccc1. The number of nitrogens with one attached hydrogen (secondary N) is 1. The molecule has 0 amide bonds. The molecule has 0 fully saturated rings. The first-order chi connectivity index (χ1) is 9.77. The van der Waals surface area contributed by atoms with Crippen molar-refractivity contribution in [3.05, 3.63) is 35.9 Å². The molecule has 1 rings (SSSR count). The minimum atomic E-state index is 0.462. The quantitative estimate of drug-likeness (QED) is 0.498. The van der Waals surface area contributed by atoms with Crippen molar-refractivity contribution in [2.45, 2.75) is 84.2 Å². The van der Waals surface area contributed by atoms with E-state index < -0.39 is 0 Å². The number of hydrogen-bond acceptors (Lipinski definition) is 1. The topological polar surface area (TPSA) is 12.0 Å². The maximum atomic E-state index is 3.85. The molecule has 1 heteroatoms. The maximum Gasteiger partial charge on any atom is 0.0294 e. The summed E-state index contributed by atoms with van der Waals surface area (Å²) in [5.41, 5.74) is 1.41. The fraction of sp³-hybridized carbons (Fsp3) is 0.684. The Balaban J connectivity index is 2.44. The monoisotopic (exact) mass is 275 g/mol. The van der Waals surface area contributed by atoms with Gasteiger partial charge in [-0.05, 0) is 25.3 Å². The van der Waals surface area contributed by atoms with Gasteiger partial charge in [-0.2, -0.15) is 0 Å². The van der Waals surface area contributed by atoms with Gasteiger partial charge >= 0.3 is 0 Å². The average Bonchev–Trinajstić information content (AvgIpc) is 2.48. The Kier molecular flexibility index (Phi) is 9.40. The third-order valence-electron chi connectivity index (χ3n) is 4.10. The zero-order chi connectivity index (χ0) is 14.6. The van der Waals surface area contributed by atoms with Gasteiger partial charge in [-0.1, -0.05) is 82.7 Å². The van der Waals surface area contributed by atoms with E-state index in [4.69, 9.17) is 0 Å². The van der Waals surface area contributed by atoms with E-state index in [0.29, 0.717) is 12.1 Å². The smallest absolute Gasteiger partial charge is 0.0294 e. The summed E-state index contributed by atoms with van der Waals surface area (Å²) in [6.07, 6.45) is 10.7. The molecule has 0 spiro atoms. The Morgan fingerprint density at radius 2 is 1.40 bits per heavy atom. The minimum Gasteiger partial charge on any atom is -0.307 e. The van der Waals surface area contributed by atoms with Crippen molar-refractivity contribution < 1.29 is 0 Å². The number of rotatable bonds is 11. The molecule has 0 bridgehead atoms. The van der Waals surface area contributed by atoms with Crippen LogP contribution < -0.4 is 5.32 Å². The van der Waals surface area contributed by atoms with Gasteiger partial charge in [0.25, 0.3) is 0 Å². The highest BCUT2D eigenvalue weighted by atomic mass is 14.9. The van der Waals surface area contributed by atoms with E-state index in [1.165, 1.54) is 56.9 Å². The second kappa shape index (κ2) is 10.9. The average molecular weight is 275 g/mol. The van der Waals surface area contributed by atoms with Crippen LogP contribution in [0.1, 0.15) is 83.7 Å². The highest BCUT2D eigenvalue weighted by molar-refractivity contribution is 5.18. The van der Waals surface area contributed by atoms with E-state index in [1.54, 1.807) is 0 Å². The van der Waals surface area contributed by atoms with Crippen LogP contribution in [0.2, 0.25) is 0 Å². The summed E-state index contributed by atoms with van der Waals surface area (Å²) in [5.74, 6) is 0. The maximum absolute atomic E-state index is 3.85. The van der Waals surface area contributed by atoms with Crippen molar-refractivity contribution in [1.29, 1.82) is 0 Å². The van der Waals surface area contributed by atoms with Crippen LogP contribution in [-0.2, 0) is 0 Å². The minimum absolute atomic E-state index is 0.462. The molecule has 114 valence electrons. The fourth-order valence-electron chi connectivity index (χ4n) is 2.78. The molecular formula is C19H33N. The van der Waals surface area contributed by atoms with Crippen LogP contribution in [0.25, 0.3) is 0 Å². The van der Waals surface area contributed by atoms with Crippen LogP contribution >= 0.6 is 0 Å². The van der Waals surface area contributed by atoms with Crippen molar-refractivity contribution in [1.82, 2.24) is 5.32 Å². The number of hydrogen-bond donors (Lipinski definition) is 1. The standard InChI is InChI=1S/C19H33N/c1-4-6-9-15-19(16-10-7-5-2)20-17(3)18-13-11-8-12-14-18/h8,11-14,17,19-20H,4-7,9-10,15-16H2,1-3H3/t17-/m1/s1. The Hall–Kier alpha value is -0.820. The van der Waals surface area contributed by atoms with Crippen molar-refractivity contribution in [3.8, 4) is 0 Å². The molecule has 1 N–H and O–H groups in total. The fourth-order valence-corrected chi connectivity index (χ4v) is 2.78. The molecule has 1 aromatic rings. The second-order valence-electron chi connectivity index (χ2n) is 5.99. The summed E-state index contributed by atoms with van der Waals surface area (Å²) in [6.45, 7) is 6.86. The van der Waals surface area contributed by atoms with Gasteiger partial charge in [0.15, 0.2) is 0 Å². The zero-order valence-electron chi connectivity index (χ0n) is 13.7. The van der Waals surface area contributed by atoms with E-state index in [1.807, 2.05) is 0 Å². The number of unbranched alkanes of at least 4 members (excludes halogenated alkanes) is 4. The summed E-state index contributed by atoms with van der Waals surface area (Å²) >= 11 is 0. The lowest BCUT2D eigenvalue weighted by atomic mass is 9.99. The lowest BCUT2D eigenvalue weighted by Gasteiger charge is -2.24. The lowest BCUT2D eigenvalue weighted by Crippen LogP contribution is -2.31. The largest absolute Gasteiger partial charge is 0.307 e. The molecule has 0 unspecified atom stereocenters. The van der Waals surface area contributed by atoms with Crippen LogP contribution in [-0.4, -0.2) is 6.04 Å². The molecule has 0 saturated carbocycles. The molecule has 0 saturated heterocycles. The first-order valence-electron chi connectivity index (χ1n) is 8.58. The molecular weight excluding hydrogens is 242 g/mol. The van der Waals surface area contributed by atoms with Crippen LogP contribution in [0.5, 0.6) is 0 Å². The number of benzene rings is 1. The van der Waals surface area contributed by atoms with Gasteiger partial charge in [0.1, 0.15) is 0 Å². The van der Waals surface area contributed by atoms with Gasteiger partial charge in [0, 0.05) is 12.1 Å². The van der Waals surface area contributed by atoms with Gasteiger partial charge in [-0.3, -0.25) is 0 Å². The van der Waals surface area contributed by atoms with E-state index in [2.05, 4.69) is 56.4 Å². The van der Waals surface area contributed by atoms with Crippen molar-refractivity contribution in [2.75, 3.05) is 0 Å². The van der Waals surface area contributed by atoms with Gasteiger partial charge < -0.3 is 5.32 Å². The summed E-state index contributed by atoms with van der Waals surface area (Å²) < 4.78 is 0. The van der Waals surface area contributed by atoms with E-state index in [9.17, 15) is 0 Å². The van der Waals surface area contributed by atoms with Gasteiger partial charge in [-0.15, -0.1) is 0 Å². The van der Waals surface area contributed by atoms with E-state index in [-0.39, 0.29) is 0 Å². The highest BCUT2D eigenvalue weighted by Gasteiger charge is 2.12. The predicted molar refractivity (Wildman–Crippen MR) is 90.1 cm³/mol. The highest BCUT2D eigenvalue weighted by Crippen LogP contribution is 2.17. The molecule has 20 heavy (non-hydrogen) atoms. The van der Waals surface area contributed by atoms with Gasteiger partial charge in [-0.25, -0.2) is 0 Å². The van der Waals surface area contributed by atoms with Gasteiger partial charge in [0.05, 0.1) is 0 Å². The summed E-state index contributed by atoms with van der Waals surface area (Å²) in [5, 5.41) is 3.85. The lowest BCUT2D eigenvalue weighted by molar-refractivity contribution is 0.384. The van der Waals surface area contributed by atoms with Crippen molar-refractivity contribution >= 4 is 0 Å². The summed E-state index contributed by atoms with van der Waals surface area (Å²) in [7, 11) is 0. The zero-order valence-corrected chi connectivity index (χ0v) is 13.7. The molecule has 0 aromatic heterocycles. The molecule has 0 heterocycles. The second-order valence-corrected chi connectivity index (χ2v) is 5.99. The normalized spacial score (nSPS) is 12.8. The van der Waals surface area contributed by atoms with E-state index >= 15 is 0 Å². The summed E-state index contributed by atoms with van der Waals surface area (Å²) in [6, 6.07) is 12.0. The van der Waals surface area contributed by atoms with Gasteiger partial charge in [0.2, 0.25) is 0 Å². The molecule has 0 aliphatic heterocycles. The van der Waals surface area contributed by atoms with Crippen molar-refractivity contribution in [2.24, 2.45) is 0 Å². The van der Waals surface area contributed by atoms with Crippen LogP contribution in [0.3, 0.4) is 0 Å². The first-order valence-corrected chi connectivity index (χ1v) is 8.58. The third kappa shape index (κ3) is 7.09. The molecule has 1 nitrogen and oxygen atoms in total. The Bertz CT molecular complexity index is 310. The summed E-state index contributed by atoms with van der Waals surface area (Å²) in [4.78, 5) is 0. The van der Waals surface area contributed by atoms with E-state index in [0.717, 1.165) is 0 Å². The molecule has 1 atom stereocenters. The Morgan fingerprint density at radius 3 is 1.90 bits per heavy atom. The van der Waals surface area contributed by atoms with Crippen LogP contribution in [0.4, 0.5) is 0 Å². The predicted octanol–water partition coefficient (Wildman–Crippen LogP) is 5.87. The molecule has 0 aliphatic carbocycles. The Morgan fingerprint density at radius 1 is 0.850 bits per heavy atom. The van der Waals surface area contributed by atoms with Crippen molar-refractivity contribution in [3.63, 3.8) is 0 Å². The Labute approximate surface area is 126 Å². The first kappa shape index (κ1) is 17.2. The van der Waals surface area contributed by atoms with Crippen LogP contribution in [0.15, 0.2) is 30.3 Å².